The smallest absolute Gasteiger partial charge is 0.255 e. The highest BCUT2D eigenvalue weighted by Gasteiger charge is 2.64. The number of hydrogen-bond donors (Lipinski definition) is 5. The van der Waals surface area contributed by atoms with E-state index in [0.29, 0.717) is 17.4 Å². The van der Waals surface area contributed by atoms with Crippen LogP contribution in [-0.2, 0) is 20.8 Å². The number of primary amides is 1. The minimum absolute atomic E-state index is 0.0421. The number of Topliss-reactive ketones (excluding diaryl/α,β-unsaturated/α-hetero) is 2. The Kier molecular flexibility index (Phi) is 5.39. The first kappa shape index (κ1) is 24.5. The number of carbonyl (C=O) groups is 4. The topological polar surface area (TPSA) is 192 Å². The van der Waals surface area contributed by atoms with Gasteiger partial charge in [-0.25, -0.2) is 0 Å². The van der Waals surface area contributed by atoms with E-state index in [4.69, 9.17) is 10.2 Å². The summed E-state index contributed by atoms with van der Waals surface area (Å²) in [5.74, 6) is -7.03. The summed E-state index contributed by atoms with van der Waals surface area (Å²) in [6.45, 7) is 0. The van der Waals surface area contributed by atoms with Crippen LogP contribution in [0.25, 0.3) is 17.1 Å². The molecule has 0 spiro atoms. The predicted molar refractivity (Wildman–Crippen MR) is 127 cm³/mol. The highest BCUT2D eigenvalue weighted by molar-refractivity contribution is 6.24. The lowest BCUT2D eigenvalue weighted by Crippen LogP contribution is -2.65. The normalized spacial score (nSPS) is 27.2. The lowest BCUT2D eigenvalue weighted by molar-refractivity contribution is -0.153. The number of phenolic OH excluding ortho intramolecular Hbond substituents is 1. The molecule has 0 aliphatic heterocycles. The number of aliphatic hydroxyl groups excluding tert-OH is 2. The summed E-state index contributed by atoms with van der Waals surface area (Å²) in [5, 5.41) is 44.4. The molecule has 0 radical (unpaired) electrons. The van der Waals surface area contributed by atoms with Gasteiger partial charge in [0.25, 0.3) is 5.91 Å². The van der Waals surface area contributed by atoms with Gasteiger partial charge in [-0.3, -0.25) is 24.1 Å². The predicted octanol–water partition coefficient (Wildman–Crippen LogP) is 1.04. The maximum Gasteiger partial charge on any atom is 0.255 e. The van der Waals surface area contributed by atoms with Crippen LogP contribution in [0.5, 0.6) is 5.75 Å². The molecule has 11 heteroatoms. The number of benzene rings is 1. The van der Waals surface area contributed by atoms with Gasteiger partial charge in [0.05, 0.1) is 23.4 Å². The van der Waals surface area contributed by atoms with E-state index >= 15 is 0 Å². The Morgan fingerprint density at radius 2 is 1.89 bits per heavy atom. The molecule has 11 nitrogen and oxygen atoms in total. The van der Waals surface area contributed by atoms with E-state index in [0.717, 1.165) is 0 Å². The average Bonchev–Trinajstić information content (AvgIpc) is 3.29. The van der Waals surface area contributed by atoms with Crippen molar-refractivity contribution < 1.29 is 44.0 Å². The first-order valence-electron chi connectivity index (χ1n) is 11.5. The van der Waals surface area contributed by atoms with Crippen LogP contribution in [-0.4, -0.2) is 74.8 Å². The zero-order chi connectivity index (χ0) is 27.0. The second kappa shape index (κ2) is 8.15. The number of rotatable bonds is 4. The fourth-order valence-corrected chi connectivity index (χ4v) is 6.09. The van der Waals surface area contributed by atoms with Crippen molar-refractivity contribution in [2.45, 2.75) is 24.5 Å². The number of hydrogen-bond acceptors (Lipinski definition) is 10. The average molecular weight is 508 g/mol. The monoisotopic (exact) mass is 508 g/mol. The number of nitrogens with two attached hydrogens (primary N) is 1. The van der Waals surface area contributed by atoms with Crippen LogP contribution in [0.1, 0.15) is 27.9 Å². The first-order valence-corrected chi connectivity index (χ1v) is 11.5. The number of aromatic hydroxyl groups is 1. The molecule has 0 unspecified atom stereocenters. The Labute approximate surface area is 210 Å². The number of aldehydes is 1. The number of aliphatic hydroxyl groups is 3. The molecule has 0 bridgehead atoms. The second-order valence-corrected chi connectivity index (χ2v) is 9.77. The number of furan rings is 1. The Balaban J connectivity index is 1.75. The molecule has 1 aromatic carbocycles. The van der Waals surface area contributed by atoms with Gasteiger partial charge >= 0.3 is 0 Å². The summed E-state index contributed by atoms with van der Waals surface area (Å²) in [5.41, 5.74) is 2.48. The fourth-order valence-electron chi connectivity index (χ4n) is 6.09. The van der Waals surface area contributed by atoms with Crippen LogP contribution in [0.2, 0.25) is 0 Å². The number of carbonyl (C=O) groups excluding carboxylic acids is 4. The van der Waals surface area contributed by atoms with Crippen molar-refractivity contribution in [3.05, 3.63) is 58.1 Å². The van der Waals surface area contributed by atoms with Gasteiger partial charge in [0.1, 0.15) is 28.6 Å². The van der Waals surface area contributed by atoms with Gasteiger partial charge in [0.15, 0.2) is 17.7 Å². The van der Waals surface area contributed by atoms with Gasteiger partial charge < -0.3 is 30.6 Å². The molecule has 1 fully saturated rings. The summed E-state index contributed by atoms with van der Waals surface area (Å²) in [6, 6.07) is 3.10. The SMILES string of the molecule is CN(C)[C@@H]1C(=O)C(C(N)=O)=C(O)[C@@]2(O)C(=O)C3=C(O)c4c(O)ccc(-c5occc5C=O)c4C[C@H]3C[C@@H]12. The van der Waals surface area contributed by atoms with Crippen molar-refractivity contribution in [3.63, 3.8) is 0 Å². The molecular formula is C26H24N2O9. The Morgan fingerprint density at radius 1 is 1.19 bits per heavy atom. The lowest BCUT2D eigenvalue weighted by Gasteiger charge is -2.50. The number of ketones is 2. The van der Waals surface area contributed by atoms with E-state index in [2.05, 4.69) is 0 Å². The number of phenols is 1. The molecule has 1 heterocycles. The van der Waals surface area contributed by atoms with Gasteiger partial charge in [-0.05, 0) is 56.6 Å². The summed E-state index contributed by atoms with van der Waals surface area (Å²) >= 11 is 0. The van der Waals surface area contributed by atoms with Crippen molar-refractivity contribution in [2.24, 2.45) is 17.6 Å². The number of nitrogens with zero attached hydrogens (tertiary/aromatic N) is 1. The molecule has 4 atom stereocenters. The van der Waals surface area contributed by atoms with Crippen molar-refractivity contribution in [3.8, 4) is 17.1 Å². The standard InChI is InChI=1S/C26H24N2O9/c1-28(2)19-14-8-11-7-13-12(22-10(9-29)5-6-37-22)3-4-15(30)17(13)20(31)16(11)23(33)26(14,36)24(34)18(21(19)32)25(27)35/h3-6,9,11,14,19,30-31,34,36H,7-8H2,1-2H3,(H2,27,35)/t11-,14-,19-,26-/m0/s1. The highest BCUT2D eigenvalue weighted by atomic mass is 16.3. The third kappa shape index (κ3) is 3.14. The van der Waals surface area contributed by atoms with Crippen LogP contribution in [0.15, 0.2) is 45.8 Å². The summed E-state index contributed by atoms with van der Waals surface area (Å²) in [6.07, 6.45) is 1.97. The van der Waals surface area contributed by atoms with Gasteiger partial charge in [0, 0.05) is 17.1 Å². The minimum atomic E-state index is -2.70. The van der Waals surface area contributed by atoms with Crippen molar-refractivity contribution >= 4 is 29.5 Å². The maximum absolute atomic E-state index is 13.8. The highest BCUT2D eigenvalue weighted by Crippen LogP contribution is 2.53. The van der Waals surface area contributed by atoms with E-state index in [1.165, 1.54) is 43.5 Å². The van der Waals surface area contributed by atoms with Crippen LogP contribution < -0.4 is 5.73 Å². The Morgan fingerprint density at radius 3 is 2.51 bits per heavy atom. The maximum atomic E-state index is 13.8. The fraction of sp³-hybridized carbons (Fsp3) is 0.308. The number of fused-ring (bicyclic) bond motifs is 3. The molecule has 2 aromatic rings. The molecule has 0 saturated heterocycles. The van der Waals surface area contributed by atoms with Crippen molar-refractivity contribution in [1.82, 2.24) is 4.90 Å². The summed E-state index contributed by atoms with van der Waals surface area (Å²) in [7, 11) is 3.06. The van der Waals surface area contributed by atoms with Gasteiger partial charge in [0.2, 0.25) is 5.78 Å². The molecule has 6 N–H and O–H groups in total. The molecule has 3 aliphatic carbocycles. The molecule has 1 aromatic heterocycles. The molecular weight excluding hydrogens is 484 g/mol. The zero-order valence-electron chi connectivity index (χ0n) is 19.9. The molecule has 192 valence electrons. The van der Waals surface area contributed by atoms with E-state index < -0.39 is 58.0 Å². The van der Waals surface area contributed by atoms with E-state index in [1.54, 1.807) is 0 Å². The quantitative estimate of drug-likeness (QED) is 0.294. The molecule has 1 amide bonds. The van der Waals surface area contributed by atoms with Crippen LogP contribution in [0, 0.1) is 11.8 Å². The summed E-state index contributed by atoms with van der Waals surface area (Å²) < 4.78 is 5.50. The zero-order valence-corrected chi connectivity index (χ0v) is 19.9. The second-order valence-electron chi connectivity index (χ2n) is 9.77. The third-order valence-corrected chi connectivity index (χ3v) is 7.67. The van der Waals surface area contributed by atoms with E-state index in [1.807, 2.05) is 0 Å². The van der Waals surface area contributed by atoms with Crippen molar-refractivity contribution in [1.29, 1.82) is 0 Å². The molecule has 5 rings (SSSR count). The van der Waals surface area contributed by atoms with E-state index in [-0.39, 0.29) is 41.1 Å². The lowest BCUT2D eigenvalue weighted by atomic mass is 9.57. The number of amides is 1. The van der Waals surface area contributed by atoms with Crippen LogP contribution in [0.4, 0.5) is 0 Å². The van der Waals surface area contributed by atoms with Gasteiger partial charge in [-0.15, -0.1) is 0 Å². The Bertz CT molecular complexity index is 1460. The molecule has 1 saturated carbocycles. The van der Waals surface area contributed by atoms with Crippen LogP contribution >= 0.6 is 0 Å². The van der Waals surface area contributed by atoms with E-state index in [9.17, 15) is 39.6 Å². The van der Waals surface area contributed by atoms with Crippen molar-refractivity contribution in [2.75, 3.05) is 14.1 Å². The third-order valence-electron chi connectivity index (χ3n) is 7.67. The van der Waals surface area contributed by atoms with Gasteiger partial charge in [-0.2, -0.15) is 0 Å². The minimum Gasteiger partial charge on any atom is -0.508 e. The largest absolute Gasteiger partial charge is 0.508 e. The molecule has 3 aliphatic rings. The van der Waals surface area contributed by atoms with Crippen LogP contribution in [0.3, 0.4) is 0 Å². The first-order chi connectivity index (χ1) is 17.4. The number of likely N-dealkylation sites (N-methyl/N-ethyl adjacent to an activating group) is 1. The summed E-state index contributed by atoms with van der Waals surface area (Å²) in [4.78, 5) is 52.0. The molecule has 37 heavy (non-hydrogen) atoms. The Hall–Kier alpha value is -4.22. The van der Waals surface area contributed by atoms with Gasteiger partial charge in [-0.1, -0.05) is 0 Å².